The summed E-state index contributed by atoms with van der Waals surface area (Å²) in [5, 5.41) is 0.459. The number of imidazole rings is 1. The van der Waals surface area contributed by atoms with E-state index in [0.29, 0.717) is 17.3 Å². The van der Waals surface area contributed by atoms with Gasteiger partial charge in [0.2, 0.25) is 0 Å². The number of nitrogens with one attached hydrogen (secondary N) is 1. The van der Waals surface area contributed by atoms with Crippen LogP contribution in [0, 0.1) is 0 Å². The Bertz CT molecular complexity index is 589. The first kappa shape index (κ1) is 14.9. The van der Waals surface area contributed by atoms with E-state index in [2.05, 4.69) is 25.9 Å². The molecular formula is C13H13BrClN3O2. The van der Waals surface area contributed by atoms with E-state index in [0.717, 1.165) is 10.3 Å². The summed E-state index contributed by atoms with van der Waals surface area (Å²) < 4.78 is 6.28. The molecule has 0 bridgehead atoms. The number of likely N-dealkylation sites (N-methyl/N-ethyl adjacent to an activating group) is 1. The summed E-state index contributed by atoms with van der Waals surface area (Å²) in [4.78, 5) is 20.5. The van der Waals surface area contributed by atoms with Crippen molar-refractivity contribution in [2.75, 3.05) is 13.7 Å². The average molecular weight is 359 g/mol. The van der Waals surface area contributed by atoms with Crippen LogP contribution in [0.2, 0.25) is 5.02 Å². The van der Waals surface area contributed by atoms with Crippen molar-refractivity contribution in [1.29, 1.82) is 0 Å². The number of carbonyl (C=O) groups excluding carboxylic acids is 1. The molecular weight excluding hydrogens is 346 g/mol. The zero-order valence-electron chi connectivity index (χ0n) is 10.8. The molecule has 1 aromatic heterocycles. The summed E-state index contributed by atoms with van der Waals surface area (Å²) in [5.74, 6) is 1.05. The first-order valence-corrected chi connectivity index (χ1v) is 7.03. The molecule has 0 radical (unpaired) electrons. The summed E-state index contributed by atoms with van der Waals surface area (Å²) in [7, 11) is 1.69. The molecule has 2 rings (SSSR count). The minimum absolute atomic E-state index is 0.0709. The Hall–Kier alpha value is -1.53. The van der Waals surface area contributed by atoms with Crippen LogP contribution in [0.1, 0.15) is 5.82 Å². The minimum atomic E-state index is -0.152. The number of hydrogen-bond acceptors (Lipinski definition) is 3. The second kappa shape index (κ2) is 6.76. The number of carbonyl (C=O) groups is 1. The number of H-pyrrole nitrogens is 1. The van der Waals surface area contributed by atoms with Gasteiger partial charge in [-0.3, -0.25) is 4.79 Å². The summed E-state index contributed by atoms with van der Waals surface area (Å²) in [6, 6.07) is 5.23. The number of halogens is 2. The third-order valence-electron chi connectivity index (χ3n) is 2.61. The molecule has 2 aromatic rings. The van der Waals surface area contributed by atoms with E-state index in [4.69, 9.17) is 16.3 Å². The van der Waals surface area contributed by atoms with Crippen molar-refractivity contribution in [1.82, 2.24) is 14.9 Å². The molecule has 0 aliphatic carbocycles. The van der Waals surface area contributed by atoms with E-state index in [-0.39, 0.29) is 12.5 Å². The van der Waals surface area contributed by atoms with Crippen LogP contribution in [0.25, 0.3) is 0 Å². The normalized spacial score (nSPS) is 10.3. The van der Waals surface area contributed by atoms with Crippen LogP contribution in [0.4, 0.5) is 0 Å². The van der Waals surface area contributed by atoms with Crippen molar-refractivity contribution in [2.45, 2.75) is 6.54 Å². The smallest absolute Gasteiger partial charge is 0.260 e. The second-order valence-corrected chi connectivity index (χ2v) is 5.47. The van der Waals surface area contributed by atoms with Crippen LogP contribution in [0.15, 0.2) is 35.1 Å². The Kier molecular flexibility index (Phi) is 5.03. The lowest BCUT2D eigenvalue weighted by molar-refractivity contribution is -0.132. The van der Waals surface area contributed by atoms with Gasteiger partial charge in [-0.05, 0) is 18.2 Å². The molecule has 0 aliphatic heterocycles. The molecule has 20 heavy (non-hydrogen) atoms. The minimum Gasteiger partial charge on any atom is -0.482 e. The first-order chi connectivity index (χ1) is 9.56. The van der Waals surface area contributed by atoms with Gasteiger partial charge in [0, 0.05) is 23.9 Å². The lowest BCUT2D eigenvalue weighted by Gasteiger charge is -2.16. The molecule has 106 valence electrons. The molecule has 0 fully saturated rings. The molecule has 0 unspecified atom stereocenters. The largest absolute Gasteiger partial charge is 0.482 e. The number of nitrogens with zero attached hydrogens (tertiary/aromatic N) is 2. The topological polar surface area (TPSA) is 58.2 Å². The molecule has 1 amide bonds. The van der Waals surface area contributed by atoms with Crippen LogP contribution in [-0.4, -0.2) is 34.4 Å². The van der Waals surface area contributed by atoms with Crippen molar-refractivity contribution in [3.63, 3.8) is 0 Å². The van der Waals surface area contributed by atoms with Crippen molar-refractivity contribution in [3.8, 4) is 5.75 Å². The van der Waals surface area contributed by atoms with Gasteiger partial charge in [0.25, 0.3) is 5.91 Å². The van der Waals surface area contributed by atoms with Crippen LogP contribution in [0.5, 0.6) is 5.75 Å². The molecule has 0 saturated heterocycles. The summed E-state index contributed by atoms with van der Waals surface area (Å²) in [5.41, 5.74) is 0. The van der Waals surface area contributed by atoms with E-state index in [1.807, 2.05) is 0 Å². The SMILES string of the molecule is CN(Cc1ncc[nH]1)C(=O)COc1ccc(Br)cc1Cl. The van der Waals surface area contributed by atoms with Crippen LogP contribution < -0.4 is 4.74 Å². The number of aromatic nitrogens is 2. The molecule has 0 saturated carbocycles. The summed E-state index contributed by atoms with van der Waals surface area (Å²) in [6.07, 6.45) is 3.36. The van der Waals surface area contributed by atoms with Gasteiger partial charge in [0.15, 0.2) is 6.61 Å². The fourth-order valence-electron chi connectivity index (χ4n) is 1.54. The lowest BCUT2D eigenvalue weighted by atomic mass is 10.3. The van der Waals surface area contributed by atoms with Gasteiger partial charge in [0.1, 0.15) is 11.6 Å². The van der Waals surface area contributed by atoms with E-state index < -0.39 is 0 Å². The van der Waals surface area contributed by atoms with Crippen molar-refractivity contribution in [3.05, 3.63) is 45.9 Å². The lowest BCUT2D eigenvalue weighted by Crippen LogP contribution is -2.31. The van der Waals surface area contributed by atoms with Crippen LogP contribution in [-0.2, 0) is 11.3 Å². The maximum Gasteiger partial charge on any atom is 0.260 e. The summed E-state index contributed by atoms with van der Waals surface area (Å²) >= 11 is 9.32. The number of ether oxygens (including phenoxy) is 1. The van der Waals surface area contributed by atoms with Crippen molar-refractivity contribution < 1.29 is 9.53 Å². The first-order valence-electron chi connectivity index (χ1n) is 5.86. The standard InChI is InChI=1S/C13H13BrClN3O2/c1-18(7-12-16-4-5-17-12)13(19)8-20-11-3-2-9(14)6-10(11)15/h2-6H,7-8H2,1H3,(H,16,17). The van der Waals surface area contributed by atoms with Crippen molar-refractivity contribution >= 4 is 33.4 Å². The highest BCUT2D eigenvalue weighted by atomic mass is 79.9. The molecule has 0 spiro atoms. The highest BCUT2D eigenvalue weighted by molar-refractivity contribution is 9.10. The number of benzene rings is 1. The highest BCUT2D eigenvalue weighted by Gasteiger charge is 2.12. The molecule has 0 atom stereocenters. The fourth-order valence-corrected chi connectivity index (χ4v) is 2.27. The van der Waals surface area contributed by atoms with Crippen LogP contribution >= 0.6 is 27.5 Å². The molecule has 7 heteroatoms. The predicted molar refractivity (Wildman–Crippen MR) is 79.7 cm³/mol. The van der Waals surface area contributed by atoms with Gasteiger partial charge in [0.05, 0.1) is 11.6 Å². The van der Waals surface area contributed by atoms with E-state index in [1.54, 1.807) is 37.6 Å². The van der Waals surface area contributed by atoms with E-state index in [1.165, 1.54) is 4.90 Å². The maximum atomic E-state index is 11.9. The van der Waals surface area contributed by atoms with E-state index >= 15 is 0 Å². The molecule has 1 aromatic carbocycles. The van der Waals surface area contributed by atoms with Crippen LogP contribution in [0.3, 0.4) is 0 Å². The predicted octanol–water partition coefficient (Wildman–Crippen LogP) is 2.86. The Morgan fingerprint density at radius 2 is 2.35 bits per heavy atom. The Labute approximate surface area is 130 Å². The molecule has 0 aliphatic rings. The molecule has 1 N–H and O–H groups in total. The average Bonchev–Trinajstić information content (AvgIpc) is 2.90. The van der Waals surface area contributed by atoms with Gasteiger partial charge in [-0.15, -0.1) is 0 Å². The van der Waals surface area contributed by atoms with E-state index in [9.17, 15) is 4.79 Å². The second-order valence-electron chi connectivity index (χ2n) is 4.15. The van der Waals surface area contributed by atoms with Gasteiger partial charge in [-0.2, -0.15) is 0 Å². The Morgan fingerprint density at radius 3 is 3.00 bits per heavy atom. The molecule has 1 heterocycles. The summed E-state index contributed by atoms with van der Waals surface area (Å²) in [6.45, 7) is 0.335. The third kappa shape index (κ3) is 3.98. The Balaban J connectivity index is 1.88. The third-order valence-corrected chi connectivity index (χ3v) is 3.40. The highest BCUT2D eigenvalue weighted by Crippen LogP contribution is 2.27. The number of hydrogen-bond donors (Lipinski definition) is 1. The number of rotatable bonds is 5. The number of aromatic amines is 1. The fraction of sp³-hybridized carbons (Fsp3) is 0.231. The van der Waals surface area contributed by atoms with Gasteiger partial charge >= 0.3 is 0 Å². The molecule has 5 nitrogen and oxygen atoms in total. The van der Waals surface area contributed by atoms with Gasteiger partial charge in [-0.25, -0.2) is 4.98 Å². The van der Waals surface area contributed by atoms with Gasteiger partial charge < -0.3 is 14.6 Å². The number of amides is 1. The zero-order valence-corrected chi connectivity index (χ0v) is 13.1. The zero-order chi connectivity index (χ0) is 14.5. The van der Waals surface area contributed by atoms with Gasteiger partial charge in [-0.1, -0.05) is 27.5 Å². The monoisotopic (exact) mass is 357 g/mol. The maximum absolute atomic E-state index is 11.9. The quantitative estimate of drug-likeness (QED) is 0.894. The Morgan fingerprint density at radius 1 is 1.55 bits per heavy atom. The van der Waals surface area contributed by atoms with Crippen molar-refractivity contribution in [2.24, 2.45) is 0 Å².